The lowest BCUT2D eigenvalue weighted by Gasteiger charge is -2.34. The molecule has 2 amide bonds. The Hall–Kier alpha value is -2.90. The molecule has 0 radical (unpaired) electrons. The number of carbonyl (C=O) groups is 2. The molecule has 4 rings (SSSR count). The maximum absolute atomic E-state index is 12.5. The van der Waals surface area contributed by atoms with Crippen LogP contribution in [0, 0.1) is 0 Å². The number of hydrogen-bond acceptors (Lipinski definition) is 4. The van der Waals surface area contributed by atoms with Crippen LogP contribution in [0.25, 0.3) is 11.0 Å². The molecule has 1 aliphatic heterocycles. The first-order valence-electron chi connectivity index (χ1n) is 10.5. The summed E-state index contributed by atoms with van der Waals surface area (Å²) in [7, 11) is 2.01. The Kier molecular flexibility index (Phi) is 6.25. The van der Waals surface area contributed by atoms with E-state index in [9.17, 15) is 9.59 Å². The molecule has 3 aromatic rings. The minimum atomic E-state index is -0.188. The molecular weight excluding hydrogens is 414 g/mol. The van der Waals surface area contributed by atoms with E-state index in [2.05, 4.69) is 14.8 Å². The zero-order chi connectivity index (χ0) is 22.0. The Morgan fingerprint density at radius 3 is 2.45 bits per heavy atom. The third kappa shape index (κ3) is 4.73. The number of aromatic nitrogens is 2. The van der Waals surface area contributed by atoms with Crippen LogP contribution in [0.1, 0.15) is 29.5 Å². The van der Waals surface area contributed by atoms with Crippen LogP contribution in [0.15, 0.2) is 42.5 Å². The summed E-state index contributed by atoms with van der Waals surface area (Å²) in [6.07, 6.45) is 0.557. The van der Waals surface area contributed by atoms with Crippen molar-refractivity contribution in [3.63, 3.8) is 0 Å². The Bertz CT molecular complexity index is 1100. The van der Waals surface area contributed by atoms with Gasteiger partial charge in [0, 0.05) is 55.9 Å². The fraction of sp³-hybridized carbons (Fsp3) is 0.348. The lowest BCUT2D eigenvalue weighted by atomic mass is 10.2. The topological polar surface area (TPSA) is 70.5 Å². The second-order valence-electron chi connectivity index (χ2n) is 7.76. The van der Waals surface area contributed by atoms with Gasteiger partial charge < -0.3 is 14.8 Å². The first-order valence-corrected chi connectivity index (χ1v) is 10.8. The van der Waals surface area contributed by atoms with Crippen LogP contribution in [-0.4, -0.2) is 57.3 Å². The average Bonchev–Trinajstić information content (AvgIpc) is 3.08. The summed E-state index contributed by atoms with van der Waals surface area (Å²) >= 11 is 5.89. The van der Waals surface area contributed by atoms with E-state index in [-0.39, 0.29) is 11.8 Å². The highest BCUT2D eigenvalue weighted by Crippen LogP contribution is 2.22. The van der Waals surface area contributed by atoms with Gasteiger partial charge in [-0.15, -0.1) is 0 Å². The standard InChI is InChI=1S/C23H26ClN5O2/c1-3-22(30)29-12-10-28(11-13-29)15-21-26-19-14-18(8-9-20(19)27(21)2)25-23(31)16-4-6-17(24)7-5-16/h4-9,14H,3,10-13,15H2,1-2H3,(H,25,31). The number of benzene rings is 2. The van der Waals surface area contributed by atoms with Crippen molar-refractivity contribution in [1.29, 1.82) is 0 Å². The van der Waals surface area contributed by atoms with Crippen molar-refractivity contribution in [3.05, 3.63) is 58.9 Å². The van der Waals surface area contributed by atoms with Crippen molar-refractivity contribution in [2.24, 2.45) is 7.05 Å². The van der Waals surface area contributed by atoms with Crippen molar-refractivity contribution in [1.82, 2.24) is 19.4 Å². The van der Waals surface area contributed by atoms with Crippen molar-refractivity contribution in [2.45, 2.75) is 19.9 Å². The van der Waals surface area contributed by atoms with Crippen LogP contribution in [0.2, 0.25) is 5.02 Å². The first kappa shape index (κ1) is 21.3. The molecule has 7 nitrogen and oxygen atoms in total. The number of aryl methyl sites for hydroxylation is 1. The lowest BCUT2D eigenvalue weighted by Crippen LogP contribution is -2.48. The molecule has 0 unspecified atom stereocenters. The summed E-state index contributed by atoms with van der Waals surface area (Å²) in [4.78, 5) is 33.4. The lowest BCUT2D eigenvalue weighted by molar-refractivity contribution is -0.132. The minimum Gasteiger partial charge on any atom is -0.340 e. The molecule has 31 heavy (non-hydrogen) atoms. The van der Waals surface area contributed by atoms with E-state index in [0.717, 1.165) is 49.6 Å². The van der Waals surface area contributed by atoms with Crippen LogP contribution in [0.5, 0.6) is 0 Å². The molecule has 0 spiro atoms. The Morgan fingerprint density at radius 1 is 1.06 bits per heavy atom. The normalized spacial score (nSPS) is 14.7. The van der Waals surface area contributed by atoms with Crippen LogP contribution >= 0.6 is 11.6 Å². The number of carbonyl (C=O) groups excluding carboxylic acids is 2. The van der Waals surface area contributed by atoms with E-state index in [1.807, 2.05) is 37.1 Å². The van der Waals surface area contributed by atoms with Gasteiger partial charge in [-0.1, -0.05) is 18.5 Å². The second kappa shape index (κ2) is 9.08. The Labute approximate surface area is 186 Å². The Morgan fingerprint density at radius 2 is 1.77 bits per heavy atom. The smallest absolute Gasteiger partial charge is 0.255 e. The highest BCUT2D eigenvalue weighted by molar-refractivity contribution is 6.30. The van der Waals surface area contributed by atoms with Gasteiger partial charge in [0.15, 0.2) is 0 Å². The minimum absolute atomic E-state index is 0.188. The maximum atomic E-state index is 12.5. The molecule has 8 heteroatoms. The van der Waals surface area contributed by atoms with E-state index >= 15 is 0 Å². The molecular formula is C23H26ClN5O2. The second-order valence-corrected chi connectivity index (χ2v) is 8.20. The fourth-order valence-electron chi connectivity index (χ4n) is 3.85. The number of hydrogen-bond donors (Lipinski definition) is 1. The molecule has 2 heterocycles. The number of nitrogens with one attached hydrogen (secondary N) is 1. The van der Waals surface area contributed by atoms with Crippen molar-refractivity contribution >= 4 is 40.1 Å². The first-order chi connectivity index (χ1) is 14.9. The zero-order valence-electron chi connectivity index (χ0n) is 17.8. The van der Waals surface area contributed by atoms with Gasteiger partial charge in [0.05, 0.1) is 17.6 Å². The highest BCUT2D eigenvalue weighted by Gasteiger charge is 2.21. The molecule has 1 fully saturated rings. The molecule has 1 aliphatic rings. The summed E-state index contributed by atoms with van der Waals surface area (Å²) in [6.45, 7) is 5.84. The van der Waals surface area contributed by atoms with Gasteiger partial charge >= 0.3 is 0 Å². The molecule has 0 aliphatic carbocycles. The molecule has 0 atom stereocenters. The third-order valence-electron chi connectivity index (χ3n) is 5.73. The van der Waals surface area contributed by atoms with Crippen LogP contribution < -0.4 is 5.32 Å². The van der Waals surface area contributed by atoms with E-state index in [1.54, 1.807) is 24.3 Å². The maximum Gasteiger partial charge on any atom is 0.255 e. The SMILES string of the molecule is CCC(=O)N1CCN(Cc2nc3cc(NC(=O)c4ccc(Cl)cc4)ccc3n2C)CC1. The van der Waals surface area contributed by atoms with Gasteiger partial charge in [-0.3, -0.25) is 14.5 Å². The number of anilines is 1. The Balaban J connectivity index is 1.44. The zero-order valence-corrected chi connectivity index (χ0v) is 18.5. The summed E-state index contributed by atoms with van der Waals surface area (Å²) in [5, 5.41) is 3.52. The van der Waals surface area contributed by atoms with Crippen LogP contribution in [0.4, 0.5) is 5.69 Å². The third-order valence-corrected chi connectivity index (χ3v) is 5.98. The number of imidazole rings is 1. The van der Waals surface area contributed by atoms with E-state index in [0.29, 0.717) is 22.7 Å². The number of halogens is 1. The van der Waals surface area contributed by atoms with E-state index in [4.69, 9.17) is 16.6 Å². The van der Waals surface area contributed by atoms with Gasteiger partial charge in [-0.05, 0) is 42.5 Å². The van der Waals surface area contributed by atoms with Crippen LogP contribution in [-0.2, 0) is 18.4 Å². The van der Waals surface area contributed by atoms with Crippen molar-refractivity contribution in [2.75, 3.05) is 31.5 Å². The van der Waals surface area contributed by atoms with Crippen molar-refractivity contribution in [3.8, 4) is 0 Å². The van der Waals surface area contributed by atoms with Gasteiger partial charge in [-0.25, -0.2) is 4.98 Å². The van der Waals surface area contributed by atoms with Gasteiger partial charge in [0.25, 0.3) is 5.91 Å². The highest BCUT2D eigenvalue weighted by atomic mass is 35.5. The number of rotatable bonds is 5. The van der Waals surface area contributed by atoms with E-state index in [1.165, 1.54) is 0 Å². The number of fused-ring (bicyclic) bond motifs is 1. The van der Waals surface area contributed by atoms with Gasteiger partial charge in [-0.2, -0.15) is 0 Å². The summed E-state index contributed by atoms with van der Waals surface area (Å²) < 4.78 is 2.09. The summed E-state index contributed by atoms with van der Waals surface area (Å²) in [5.74, 6) is 0.994. The predicted octanol–water partition coefficient (Wildman–Crippen LogP) is 3.53. The number of piperazine rings is 1. The predicted molar refractivity (Wildman–Crippen MR) is 122 cm³/mol. The van der Waals surface area contributed by atoms with Gasteiger partial charge in [0.1, 0.15) is 5.82 Å². The molecule has 1 saturated heterocycles. The molecule has 1 aromatic heterocycles. The monoisotopic (exact) mass is 439 g/mol. The van der Waals surface area contributed by atoms with Gasteiger partial charge in [0.2, 0.25) is 5.91 Å². The van der Waals surface area contributed by atoms with Crippen LogP contribution in [0.3, 0.4) is 0 Å². The molecule has 162 valence electrons. The molecule has 1 N–H and O–H groups in total. The van der Waals surface area contributed by atoms with E-state index < -0.39 is 0 Å². The summed E-state index contributed by atoms with van der Waals surface area (Å²) in [5.41, 5.74) is 3.10. The summed E-state index contributed by atoms with van der Waals surface area (Å²) in [6, 6.07) is 12.5. The fourth-order valence-corrected chi connectivity index (χ4v) is 3.98. The molecule has 0 saturated carbocycles. The largest absolute Gasteiger partial charge is 0.340 e. The average molecular weight is 440 g/mol. The molecule has 0 bridgehead atoms. The molecule has 2 aromatic carbocycles. The quantitative estimate of drug-likeness (QED) is 0.660. The number of nitrogens with zero attached hydrogens (tertiary/aromatic N) is 4. The van der Waals surface area contributed by atoms with Crippen molar-refractivity contribution < 1.29 is 9.59 Å². The number of amides is 2.